The van der Waals surface area contributed by atoms with Gasteiger partial charge in [0.05, 0.1) is 18.5 Å². The van der Waals surface area contributed by atoms with Crippen LogP contribution in [0.3, 0.4) is 0 Å². The van der Waals surface area contributed by atoms with E-state index in [1.165, 1.54) is 6.08 Å². The fourth-order valence-corrected chi connectivity index (χ4v) is 1.85. The molecule has 1 atom stereocenters. The molecule has 116 valence electrons. The average Bonchev–Trinajstić information content (AvgIpc) is 2.56. The molecule has 0 radical (unpaired) electrons. The van der Waals surface area contributed by atoms with Crippen LogP contribution in [0.15, 0.2) is 36.4 Å². The van der Waals surface area contributed by atoms with Crippen LogP contribution in [-0.4, -0.2) is 36.3 Å². The molecule has 1 aromatic rings. The number of benzene rings is 1. The Balaban J connectivity index is 2.44. The molecule has 0 unspecified atom stereocenters. The normalized spacial score (nSPS) is 11.7. The SMILES string of the molecule is CCN(C[C@@H](C)C#N)C(=O)CNC(=O)/C=C\c1ccccc1. The molecule has 0 fully saturated rings. The molecular formula is C17H21N3O2. The molecule has 1 N–H and O–H groups in total. The van der Waals surface area contributed by atoms with Gasteiger partial charge in [0.25, 0.3) is 0 Å². The molecule has 1 rings (SSSR count). The highest BCUT2D eigenvalue weighted by atomic mass is 16.2. The van der Waals surface area contributed by atoms with Crippen LogP contribution in [0, 0.1) is 17.2 Å². The van der Waals surface area contributed by atoms with Gasteiger partial charge < -0.3 is 10.2 Å². The Hall–Kier alpha value is -2.61. The zero-order valence-corrected chi connectivity index (χ0v) is 13.0. The largest absolute Gasteiger partial charge is 0.343 e. The molecule has 0 spiro atoms. The standard InChI is InChI=1S/C17H21N3O2/c1-3-20(13-14(2)11-18)17(22)12-19-16(21)10-9-15-7-5-4-6-8-15/h4-10,14H,3,12-13H2,1-2H3,(H,19,21)/b10-9-/t14-/m0/s1. The number of carbonyl (C=O) groups is 2. The highest BCUT2D eigenvalue weighted by Crippen LogP contribution is 2.01. The summed E-state index contributed by atoms with van der Waals surface area (Å²) in [6.45, 7) is 4.43. The fraction of sp³-hybridized carbons (Fsp3) is 0.353. The maximum Gasteiger partial charge on any atom is 0.244 e. The summed E-state index contributed by atoms with van der Waals surface area (Å²) in [7, 11) is 0. The van der Waals surface area contributed by atoms with Crippen molar-refractivity contribution < 1.29 is 9.59 Å². The zero-order valence-electron chi connectivity index (χ0n) is 13.0. The molecule has 0 saturated carbocycles. The third-order valence-corrected chi connectivity index (χ3v) is 3.09. The first-order valence-electron chi connectivity index (χ1n) is 7.25. The third-order valence-electron chi connectivity index (χ3n) is 3.09. The molecule has 22 heavy (non-hydrogen) atoms. The van der Waals surface area contributed by atoms with Crippen LogP contribution >= 0.6 is 0 Å². The number of rotatable bonds is 7. The maximum absolute atomic E-state index is 12.0. The van der Waals surface area contributed by atoms with Gasteiger partial charge in [-0.3, -0.25) is 9.59 Å². The molecule has 0 aromatic heterocycles. The predicted octanol–water partition coefficient (Wildman–Crippen LogP) is 1.82. The van der Waals surface area contributed by atoms with Crippen molar-refractivity contribution >= 4 is 17.9 Å². The Morgan fingerprint density at radius 3 is 2.64 bits per heavy atom. The first-order chi connectivity index (χ1) is 10.6. The number of hydrogen-bond donors (Lipinski definition) is 1. The lowest BCUT2D eigenvalue weighted by Gasteiger charge is -2.21. The van der Waals surface area contributed by atoms with E-state index in [4.69, 9.17) is 5.26 Å². The fourth-order valence-electron chi connectivity index (χ4n) is 1.85. The molecule has 0 aliphatic rings. The lowest BCUT2D eigenvalue weighted by molar-refractivity contribution is -0.132. The molecule has 0 heterocycles. The number of nitrogens with zero attached hydrogens (tertiary/aromatic N) is 2. The van der Waals surface area contributed by atoms with E-state index in [1.54, 1.807) is 17.9 Å². The molecule has 0 aliphatic heterocycles. The van der Waals surface area contributed by atoms with Gasteiger partial charge in [0.1, 0.15) is 0 Å². The number of likely N-dealkylation sites (N-methyl/N-ethyl adjacent to an activating group) is 1. The Kier molecular flexibility index (Phi) is 7.41. The number of nitrogens with one attached hydrogen (secondary N) is 1. The quantitative estimate of drug-likeness (QED) is 0.781. The predicted molar refractivity (Wildman–Crippen MR) is 85.5 cm³/mol. The smallest absolute Gasteiger partial charge is 0.244 e. The van der Waals surface area contributed by atoms with Gasteiger partial charge in [-0.15, -0.1) is 0 Å². The first-order valence-corrected chi connectivity index (χ1v) is 7.25. The van der Waals surface area contributed by atoms with Crippen molar-refractivity contribution in [2.45, 2.75) is 13.8 Å². The molecule has 0 aliphatic carbocycles. The second-order valence-electron chi connectivity index (χ2n) is 4.92. The second-order valence-corrected chi connectivity index (χ2v) is 4.92. The summed E-state index contributed by atoms with van der Waals surface area (Å²) >= 11 is 0. The van der Waals surface area contributed by atoms with Crippen LogP contribution in [-0.2, 0) is 9.59 Å². The minimum atomic E-state index is -0.318. The summed E-state index contributed by atoms with van der Waals surface area (Å²) < 4.78 is 0. The third kappa shape index (κ3) is 6.23. The van der Waals surface area contributed by atoms with E-state index in [0.717, 1.165) is 5.56 Å². The van der Waals surface area contributed by atoms with Crippen LogP contribution in [0.4, 0.5) is 0 Å². The van der Waals surface area contributed by atoms with Crippen molar-refractivity contribution in [3.63, 3.8) is 0 Å². The van der Waals surface area contributed by atoms with Gasteiger partial charge >= 0.3 is 0 Å². The monoisotopic (exact) mass is 299 g/mol. The van der Waals surface area contributed by atoms with Gasteiger partial charge in [-0.25, -0.2) is 0 Å². The number of amides is 2. The van der Waals surface area contributed by atoms with Crippen LogP contribution in [0.25, 0.3) is 6.08 Å². The Labute approximate surface area is 131 Å². The van der Waals surface area contributed by atoms with Gasteiger partial charge in [-0.05, 0) is 25.5 Å². The summed E-state index contributed by atoms with van der Waals surface area (Å²) in [5, 5.41) is 11.3. The van der Waals surface area contributed by atoms with E-state index in [2.05, 4.69) is 11.4 Å². The summed E-state index contributed by atoms with van der Waals surface area (Å²) in [6.07, 6.45) is 3.09. The lowest BCUT2D eigenvalue weighted by Crippen LogP contribution is -2.41. The highest BCUT2D eigenvalue weighted by Gasteiger charge is 2.14. The number of carbonyl (C=O) groups excluding carboxylic acids is 2. The minimum Gasteiger partial charge on any atom is -0.343 e. The van der Waals surface area contributed by atoms with Gasteiger partial charge in [-0.1, -0.05) is 30.3 Å². The maximum atomic E-state index is 12.0. The Bertz CT molecular complexity index is 561. The Morgan fingerprint density at radius 1 is 1.36 bits per heavy atom. The molecule has 2 amide bonds. The molecule has 5 heteroatoms. The summed E-state index contributed by atoms with van der Waals surface area (Å²) in [5.41, 5.74) is 0.919. The van der Waals surface area contributed by atoms with E-state index in [9.17, 15) is 9.59 Å². The minimum absolute atomic E-state index is 0.0655. The molecule has 0 saturated heterocycles. The van der Waals surface area contributed by atoms with Gasteiger partial charge in [0, 0.05) is 19.2 Å². The lowest BCUT2D eigenvalue weighted by atomic mass is 10.2. The van der Waals surface area contributed by atoms with Gasteiger partial charge in [0.2, 0.25) is 11.8 Å². The molecule has 0 bridgehead atoms. The highest BCUT2D eigenvalue weighted by molar-refractivity contribution is 5.94. The van der Waals surface area contributed by atoms with Crippen molar-refractivity contribution in [3.8, 4) is 6.07 Å². The van der Waals surface area contributed by atoms with Crippen LogP contribution in [0.1, 0.15) is 19.4 Å². The van der Waals surface area contributed by atoms with Gasteiger partial charge in [0.15, 0.2) is 0 Å². The number of nitriles is 1. The first kappa shape index (κ1) is 17.4. The van der Waals surface area contributed by atoms with Gasteiger partial charge in [-0.2, -0.15) is 5.26 Å². The second kappa shape index (κ2) is 9.35. The van der Waals surface area contributed by atoms with E-state index >= 15 is 0 Å². The average molecular weight is 299 g/mol. The molecule has 1 aromatic carbocycles. The van der Waals surface area contributed by atoms with Crippen LogP contribution < -0.4 is 5.32 Å². The summed E-state index contributed by atoms with van der Waals surface area (Å²) in [4.78, 5) is 25.2. The molecule has 5 nitrogen and oxygen atoms in total. The van der Waals surface area contributed by atoms with Crippen molar-refractivity contribution in [2.75, 3.05) is 19.6 Å². The van der Waals surface area contributed by atoms with Crippen LogP contribution in [0.2, 0.25) is 0 Å². The van der Waals surface area contributed by atoms with Crippen molar-refractivity contribution in [3.05, 3.63) is 42.0 Å². The van der Waals surface area contributed by atoms with Crippen LogP contribution in [0.5, 0.6) is 0 Å². The van der Waals surface area contributed by atoms with Crippen molar-refractivity contribution in [1.82, 2.24) is 10.2 Å². The summed E-state index contributed by atoms with van der Waals surface area (Å²) in [5.74, 6) is -0.731. The summed E-state index contributed by atoms with van der Waals surface area (Å²) in [6, 6.07) is 11.5. The number of hydrogen-bond acceptors (Lipinski definition) is 3. The zero-order chi connectivity index (χ0) is 16.4. The van der Waals surface area contributed by atoms with E-state index in [1.807, 2.05) is 37.3 Å². The molecular weight excluding hydrogens is 278 g/mol. The topological polar surface area (TPSA) is 73.2 Å². The van der Waals surface area contributed by atoms with E-state index in [0.29, 0.717) is 13.1 Å². The van der Waals surface area contributed by atoms with Crippen molar-refractivity contribution in [1.29, 1.82) is 5.26 Å². The van der Waals surface area contributed by atoms with E-state index in [-0.39, 0.29) is 24.3 Å². The van der Waals surface area contributed by atoms with Crippen molar-refractivity contribution in [2.24, 2.45) is 5.92 Å². The Morgan fingerprint density at radius 2 is 2.05 bits per heavy atom. The van der Waals surface area contributed by atoms with E-state index < -0.39 is 0 Å².